The van der Waals surface area contributed by atoms with E-state index >= 15 is 0 Å². The molecule has 2 heterocycles. The lowest BCUT2D eigenvalue weighted by Crippen LogP contribution is -2.38. The molecule has 0 saturated carbocycles. The van der Waals surface area contributed by atoms with E-state index in [0.29, 0.717) is 0 Å². The van der Waals surface area contributed by atoms with Crippen LogP contribution in [0.15, 0.2) is 18.3 Å². The number of nitrogens with one attached hydrogen (secondary N) is 1. The minimum atomic E-state index is 0.784. The third kappa shape index (κ3) is 4.20. The molecule has 2 rings (SSSR count). The molecule has 0 amide bonds. The summed E-state index contributed by atoms with van der Waals surface area (Å²) in [5, 5.41) is 3.24. The van der Waals surface area contributed by atoms with Gasteiger partial charge in [-0.25, -0.2) is 4.98 Å². The summed E-state index contributed by atoms with van der Waals surface area (Å²) in [7, 11) is 0. The molecule has 1 N–H and O–H groups in total. The first-order valence-electron chi connectivity index (χ1n) is 7.76. The van der Waals surface area contributed by atoms with Gasteiger partial charge in [-0.05, 0) is 44.4 Å². The predicted molar refractivity (Wildman–Crippen MR) is 81.4 cm³/mol. The zero-order valence-electron chi connectivity index (χ0n) is 12.4. The topological polar surface area (TPSA) is 28.2 Å². The maximum absolute atomic E-state index is 4.47. The van der Waals surface area contributed by atoms with Crippen LogP contribution in [0.5, 0.6) is 0 Å². The molecule has 1 aliphatic heterocycles. The van der Waals surface area contributed by atoms with Gasteiger partial charge in [-0.15, -0.1) is 0 Å². The summed E-state index contributed by atoms with van der Waals surface area (Å²) in [5.41, 5.74) is 1.34. The molecule has 1 atom stereocenters. The number of piperidine rings is 1. The van der Waals surface area contributed by atoms with Crippen LogP contribution in [0, 0.1) is 0 Å². The molecule has 3 nitrogen and oxygen atoms in total. The number of pyridine rings is 1. The Labute approximate surface area is 117 Å². The van der Waals surface area contributed by atoms with Crippen molar-refractivity contribution in [2.75, 3.05) is 18.4 Å². The lowest BCUT2D eigenvalue weighted by Gasteiger charge is -2.35. The summed E-state index contributed by atoms with van der Waals surface area (Å²) in [4.78, 5) is 7.12. The van der Waals surface area contributed by atoms with Crippen LogP contribution in [0.3, 0.4) is 0 Å². The van der Waals surface area contributed by atoms with Gasteiger partial charge >= 0.3 is 0 Å². The van der Waals surface area contributed by atoms with E-state index in [1.807, 2.05) is 6.20 Å². The standard InChI is InChI=1S/C16H27N3/c1-3-7-15-8-5-6-11-19(15)13-14-9-10-16(17-4-2)18-12-14/h9-10,12,15H,3-8,11,13H2,1-2H3,(H,17,18). The Morgan fingerprint density at radius 3 is 2.89 bits per heavy atom. The lowest BCUT2D eigenvalue weighted by atomic mass is 9.98. The maximum atomic E-state index is 4.47. The SMILES string of the molecule is CCCC1CCCCN1Cc1ccc(NCC)nc1. The van der Waals surface area contributed by atoms with Crippen LogP contribution in [0.1, 0.15) is 51.5 Å². The van der Waals surface area contributed by atoms with Crippen LogP contribution in [-0.2, 0) is 6.54 Å². The van der Waals surface area contributed by atoms with Gasteiger partial charge in [0.1, 0.15) is 5.82 Å². The van der Waals surface area contributed by atoms with Crippen LogP contribution in [0.2, 0.25) is 0 Å². The number of likely N-dealkylation sites (tertiary alicyclic amines) is 1. The molecule has 0 bridgehead atoms. The van der Waals surface area contributed by atoms with Crippen LogP contribution in [0.4, 0.5) is 5.82 Å². The normalized spacial score (nSPS) is 20.4. The van der Waals surface area contributed by atoms with Gasteiger partial charge in [0.25, 0.3) is 0 Å². The fourth-order valence-electron chi connectivity index (χ4n) is 2.97. The molecular weight excluding hydrogens is 234 g/mol. The Morgan fingerprint density at radius 1 is 1.32 bits per heavy atom. The van der Waals surface area contributed by atoms with E-state index in [4.69, 9.17) is 0 Å². The monoisotopic (exact) mass is 261 g/mol. The fourth-order valence-corrected chi connectivity index (χ4v) is 2.97. The molecule has 1 unspecified atom stereocenters. The molecular formula is C16H27N3. The smallest absolute Gasteiger partial charge is 0.125 e. The minimum Gasteiger partial charge on any atom is -0.370 e. The quantitative estimate of drug-likeness (QED) is 0.847. The zero-order chi connectivity index (χ0) is 13.5. The average Bonchev–Trinajstić information content (AvgIpc) is 2.44. The maximum Gasteiger partial charge on any atom is 0.125 e. The van der Waals surface area contributed by atoms with Crippen molar-refractivity contribution < 1.29 is 0 Å². The van der Waals surface area contributed by atoms with Gasteiger partial charge in [-0.2, -0.15) is 0 Å². The molecule has 19 heavy (non-hydrogen) atoms. The van der Waals surface area contributed by atoms with Gasteiger partial charge < -0.3 is 5.32 Å². The molecule has 0 aromatic carbocycles. The highest BCUT2D eigenvalue weighted by molar-refractivity contribution is 5.35. The van der Waals surface area contributed by atoms with E-state index in [9.17, 15) is 0 Å². The second kappa shape index (κ2) is 7.49. The summed E-state index contributed by atoms with van der Waals surface area (Å²) in [5.74, 6) is 0.981. The van der Waals surface area contributed by atoms with Crippen molar-refractivity contribution in [3.05, 3.63) is 23.9 Å². The highest BCUT2D eigenvalue weighted by Crippen LogP contribution is 2.22. The van der Waals surface area contributed by atoms with E-state index in [1.165, 1.54) is 44.2 Å². The Kier molecular flexibility index (Phi) is 5.64. The van der Waals surface area contributed by atoms with Crippen molar-refractivity contribution in [3.8, 4) is 0 Å². The summed E-state index contributed by atoms with van der Waals surface area (Å²) >= 11 is 0. The molecule has 0 radical (unpaired) electrons. The molecule has 1 saturated heterocycles. The van der Waals surface area contributed by atoms with Crippen LogP contribution in [-0.4, -0.2) is 29.0 Å². The second-order valence-corrected chi connectivity index (χ2v) is 5.49. The molecule has 106 valence electrons. The summed E-state index contributed by atoms with van der Waals surface area (Å²) in [6.45, 7) is 7.62. The number of aromatic nitrogens is 1. The van der Waals surface area contributed by atoms with Crippen molar-refractivity contribution in [2.24, 2.45) is 0 Å². The van der Waals surface area contributed by atoms with Crippen molar-refractivity contribution >= 4 is 5.82 Å². The van der Waals surface area contributed by atoms with E-state index in [0.717, 1.165) is 24.9 Å². The molecule has 3 heteroatoms. The van der Waals surface area contributed by atoms with E-state index in [2.05, 4.69) is 41.2 Å². The van der Waals surface area contributed by atoms with Gasteiger partial charge in [0.2, 0.25) is 0 Å². The van der Waals surface area contributed by atoms with Crippen LogP contribution < -0.4 is 5.32 Å². The second-order valence-electron chi connectivity index (χ2n) is 5.49. The third-order valence-electron chi connectivity index (χ3n) is 3.94. The number of hydrogen-bond donors (Lipinski definition) is 1. The molecule has 1 aliphatic rings. The van der Waals surface area contributed by atoms with E-state index in [1.54, 1.807) is 0 Å². The first-order chi connectivity index (χ1) is 9.33. The highest BCUT2D eigenvalue weighted by Gasteiger charge is 2.21. The molecule has 0 spiro atoms. The first kappa shape index (κ1) is 14.3. The summed E-state index contributed by atoms with van der Waals surface area (Å²) in [6, 6.07) is 5.09. The van der Waals surface area contributed by atoms with Gasteiger partial charge in [-0.3, -0.25) is 4.90 Å². The van der Waals surface area contributed by atoms with Crippen LogP contribution >= 0.6 is 0 Å². The Morgan fingerprint density at radius 2 is 2.21 bits per heavy atom. The average molecular weight is 261 g/mol. The van der Waals surface area contributed by atoms with Crippen molar-refractivity contribution in [1.82, 2.24) is 9.88 Å². The minimum absolute atomic E-state index is 0.784. The number of rotatable bonds is 6. The van der Waals surface area contributed by atoms with E-state index < -0.39 is 0 Å². The van der Waals surface area contributed by atoms with Crippen molar-refractivity contribution in [2.45, 2.75) is 58.5 Å². The highest BCUT2D eigenvalue weighted by atomic mass is 15.2. The molecule has 1 fully saturated rings. The molecule has 1 aromatic heterocycles. The molecule has 1 aromatic rings. The zero-order valence-corrected chi connectivity index (χ0v) is 12.4. The number of anilines is 1. The Hall–Kier alpha value is -1.09. The number of hydrogen-bond acceptors (Lipinski definition) is 3. The first-order valence-corrected chi connectivity index (χ1v) is 7.76. The molecule has 0 aliphatic carbocycles. The van der Waals surface area contributed by atoms with Crippen molar-refractivity contribution in [3.63, 3.8) is 0 Å². The van der Waals surface area contributed by atoms with E-state index in [-0.39, 0.29) is 0 Å². The summed E-state index contributed by atoms with van der Waals surface area (Å²) < 4.78 is 0. The Balaban J connectivity index is 1.94. The van der Waals surface area contributed by atoms with Gasteiger partial charge in [0.15, 0.2) is 0 Å². The lowest BCUT2D eigenvalue weighted by molar-refractivity contribution is 0.131. The Bertz CT molecular complexity index is 359. The van der Waals surface area contributed by atoms with Gasteiger partial charge in [0.05, 0.1) is 0 Å². The number of nitrogens with zero attached hydrogens (tertiary/aromatic N) is 2. The predicted octanol–water partition coefficient (Wildman–Crippen LogP) is 3.67. The largest absolute Gasteiger partial charge is 0.370 e. The summed E-state index contributed by atoms with van der Waals surface area (Å²) in [6.07, 6.45) is 8.77. The fraction of sp³-hybridized carbons (Fsp3) is 0.688. The van der Waals surface area contributed by atoms with Gasteiger partial charge in [-0.1, -0.05) is 25.8 Å². The van der Waals surface area contributed by atoms with Crippen molar-refractivity contribution in [1.29, 1.82) is 0 Å². The van der Waals surface area contributed by atoms with Crippen LogP contribution in [0.25, 0.3) is 0 Å². The third-order valence-corrected chi connectivity index (χ3v) is 3.94. The van der Waals surface area contributed by atoms with Gasteiger partial charge in [0, 0.05) is 25.3 Å².